The summed E-state index contributed by atoms with van der Waals surface area (Å²) in [5, 5.41) is 9.94. The van der Waals surface area contributed by atoms with Crippen molar-refractivity contribution in [1.82, 2.24) is 4.57 Å². The molecule has 2 aromatic rings. The van der Waals surface area contributed by atoms with Gasteiger partial charge in [-0.1, -0.05) is 49.6 Å². The third kappa shape index (κ3) is 2.48. The van der Waals surface area contributed by atoms with Crippen LogP contribution in [0.4, 0.5) is 0 Å². The maximum Gasteiger partial charge on any atom is 0.292 e. The molecule has 0 bridgehead atoms. The van der Waals surface area contributed by atoms with Crippen molar-refractivity contribution in [2.45, 2.75) is 38.1 Å². The van der Waals surface area contributed by atoms with Gasteiger partial charge in [0.05, 0.1) is 0 Å². The second-order valence-electron chi connectivity index (χ2n) is 5.48. The van der Waals surface area contributed by atoms with Crippen molar-refractivity contribution in [2.75, 3.05) is 0 Å². The van der Waals surface area contributed by atoms with Crippen LogP contribution in [0.1, 0.15) is 38.1 Å². The molecule has 0 atom stereocenters. The third-order valence-electron chi connectivity index (χ3n) is 4.10. The Hall–Kier alpha value is -2.03. The maximum absolute atomic E-state index is 12.2. The first-order valence-corrected chi connectivity index (χ1v) is 7.26. The molecule has 0 saturated heterocycles. The van der Waals surface area contributed by atoms with Gasteiger partial charge in [-0.15, -0.1) is 0 Å². The van der Waals surface area contributed by atoms with Crippen LogP contribution in [0, 0.1) is 0 Å². The molecule has 1 fully saturated rings. The number of nitrogens with zero attached hydrogens (tertiary/aromatic N) is 1. The largest absolute Gasteiger partial charge is 0.503 e. The summed E-state index contributed by atoms with van der Waals surface area (Å²) in [5.41, 5.74) is 1.65. The van der Waals surface area contributed by atoms with Gasteiger partial charge in [0, 0.05) is 17.8 Å². The Morgan fingerprint density at radius 1 is 1.00 bits per heavy atom. The number of rotatable bonds is 2. The SMILES string of the molecule is O=c1c(O)cc(-c2ccccc2)cn1C1CCCCC1. The molecule has 1 heterocycles. The lowest BCUT2D eigenvalue weighted by atomic mass is 9.95. The van der Waals surface area contributed by atoms with Crippen LogP contribution in [0.25, 0.3) is 11.1 Å². The van der Waals surface area contributed by atoms with Crippen molar-refractivity contribution >= 4 is 0 Å². The summed E-state index contributed by atoms with van der Waals surface area (Å²) in [6, 6.07) is 11.7. The minimum atomic E-state index is -0.267. The van der Waals surface area contributed by atoms with Gasteiger partial charge >= 0.3 is 0 Å². The summed E-state index contributed by atoms with van der Waals surface area (Å²) in [6.07, 6.45) is 7.51. The van der Waals surface area contributed by atoms with Crippen molar-refractivity contribution in [2.24, 2.45) is 0 Å². The van der Waals surface area contributed by atoms with Crippen LogP contribution in [-0.4, -0.2) is 9.67 Å². The Balaban J connectivity index is 2.06. The predicted molar refractivity (Wildman–Crippen MR) is 79.9 cm³/mol. The van der Waals surface area contributed by atoms with Crippen LogP contribution in [0.5, 0.6) is 5.75 Å². The highest BCUT2D eigenvalue weighted by molar-refractivity contribution is 5.63. The molecule has 1 aliphatic carbocycles. The molecule has 3 rings (SSSR count). The summed E-state index contributed by atoms with van der Waals surface area (Å²) in [5.74, 6) is -0.156. The molecular formula is C17H19NO2. The molecule has 3 nitrogen and oxygen atoms in total. The first-order chi connectivity index (χ1) is 9.75. The van der Waals surface area contributed by atoms with E-state index in [1.54, 1.807) is 10.6 Å². The lowest BCUT2D eigenvalue weighted by Gasteiger charge is -2.24. The molecule has 20 heavy (non-hydrogen) atoms. The van der Waals surface area contributed by atoms with Crippen LogP contribution in [0.15, 0.2) is 47.4 Å². The zero-order valence-corrected chi connectivity index (χ0v) is 11.5. The van der Waals surface area contributed by atoms with E-state index >= 15 is 0 Å². The third-order valence-corrected chi connectivity index (χ3v) is 4.10. The molecule has 0 radical (unpaired) electrons. The van der Waals surface area contributed by atoms with E-state index < -0.39 is 0 Å². The second kappa shape index (κ2) is 5.53. The summed E-state index contributed by atoms with van der Waals surface area (Å²) in [6.45, 7) is 0. The fourth-order valence-corrected chi connectivity index (χ4v) is 3.01. The van der Waals surface area contributed by atoms with Crippen molar-refractivity contribution in [1.29, 1.82) is 0 Å². The van der Waals surface area contributed by atoms with Crippen molar-refractivity contribution < 1.29 is 5.11 Å². The quantitative estimate of drug-likeness (QED) is 0.902. The van der Waals surface area contributed by atoms with Gasteiger partial charge in [0.2, 0.25) is 0 Å². The van der Waals surface area contributed by atoms with Crippen molar-refractivity contribution in [3.63, 3.8) is 0 Å². The Bertz CT molecular complexity index is 640. The van der Waals surface area contributed by atoms with Gasteiger partial charge in [0.1, 0.15) is 0 Å². The monoisotopic (exact) mass is 269 g/mol. The number of benzene rings is 1. The maximum atomic E-state index is 12.2. The van der Waals surface area contributed by atoms with E-state index in [2.05, 4.69) is 0 Å². The fraction of sp³-hybridized carbons (Fsp3) is 0.353. The Morgan fingerprint density at radius 2 is 1.70 bits per heavy atom. The molecule has 1 aromatic carbocycles. The highest BCUT2D eigenvalue weighted by Gasteiger charge is 2.18. The van der Waals surface area contributed by atoms with Crippen molar-refractivity contribution in [3.05, 3.63) is 52.9 Å². The van der Waals surface area contributed by atoms with Crippen molar-refractivity contribution in [3.8, 4) is 16.9 Å². The lowest BCUT2D eigenvalue weighted by molar-refractivity contribution is 0.339. The minimum Gasteiger partial charge on any atom is -0.503 e. The number of aromatic nitrogens is 1. The van der Waals surface area contributed by atoms with Gasteiger partial charge < -0.3 is 9.67 Å². The van der Waals surface area contributed by atoms with Gasteiger partial charge in [0.25, 0.3) is 5.56 Å². The zero-order valence-electron chi connectivity index (χ0n) is 11.5. The standard InChI is InChI=1S/C17H19NO2/c19-16-11-14(13-7-3-1-4-8-13)12-18(17(16)20)15-9-5-2-6-10-15/h1,3-4,7-8,11-12,15,19H,2,5-6,9-10H2. The number of aromatic hydroxyl groups is 1. The molecule has 0 amide bonds. The van der Waals surface area contributed by atoms with Crippen LogP contribution >= 0.6 is 0 Å². The first-order valence-electron chi connectivity index (χ1n) is 7.26. The molecule has 3 heteroatoms. The predicted octanol–water partition coefficient (Wildman–Crippen LogP) is 3.73. The minimum absolute atomic E-state index is 0.156. The highest BCUT2D eigenvalue weighted by atomic mass is 16.3. The molecule has 104 valence electrons. The van der Waals surface area contributed by atoms with Gasteiger partial charge in [-0.05, 0) is 24.5 Å². The molecule has 0 aliphatic heterocycles. The van der Waals surface area contributed by atoms with Crippen LogP contribution in [0.2, 0.25) is 0 Å². The Morgan fingerprint density at radius 3 is 2.40 bits per heavy atom. The smallest absolute Gasteiger partial charge is 0.292 e. The Kier molecular flexibility index (Phi) is 3.59. The summed E-state index contributed by atoms with van der Waals surface area (Å²) in [4.78, 5) is 12.2. The topological polar surface area (TPSA) is 42.2 Å². The summed E-state index contributed by atoms with van der Waals surface area (Å²) in [7, 11) is 0. The zero-order chi connectivity index (χ0) is 13.9. The summed E-state index contributed by atoms with van der Waals surface area (Å²) < 4.78 is 1.73. The second-order valence-corrected chi connectivity index (χ2v) is 5.48. The molecule has 1 aliphatic rings. The molecule has 1 saturated carbocycles. The first kappa shape index (κ1) is 13.0. The number of hydrogen-bond donors (Lipinski definition) is 1. The average molecular weight is 269 g/mol. The molecule has 0 unspecified atom stereocenters. The molecular weight excluding hydrogens is 250 g/mol. The van der Waals surface area contributed by atoms with E-state index in [-0.39, 0.29) is 17.4 Å². The average Bonchev–Trinajstić information content (AvgIpc) is 2.51. The Labute approximate surface area is 118 Å². The fourth-order valence-electron chi connectivity index (χ4n) is 3.01. The van der Waals surface area contributed by atoms with E-state index in [9.17, 15) is 9.90 Å². The van der Waals surface area contributed by atoms with Gasteiger partial charge in [-0.25, -0.2) is 0 Å². The molecule has 0 spiro atoms. The number of hydrogen-bond acceptors (Lipinski definition) is 2. The van der Waals surface area contributed by atoms with E-state index in [1.807, 2.05) is 36.5 Å². The van der Waals surface area contributed by atoms with E-state index in [0.717, 1.165) is 36.8 Å². The van der Waals surface area contributed by atoms with Crippen LogP contribution in [0.3, 0.4) is 0 Å². The van der Waals surface area contributed by atoms with E-state index in [1.165, 1.54) is 6.42 Å². The highest BCUT2D eigenvalue weighted by Crippen LogP contribution is 2.29. The molecule has 1 N–H and O–H groups in total. The van der Waals surface area contributed by atoms with E-state index in [0.29, 0.717) is 0 Å². The van der Waals surface area contributed by atoms with Crippen LogP contribution in [-0.2, 0) is 0 Å². The number of pyridine rings is 1. The van der Waals surface area contributed by atoms with Gasteiger partial charge in [0.15, 0.2) is 5.75 Å². The van der Waals surface area contributed by atoms with Gasteiger partial charge in [-0.3, -0.25) is 4.79 Å². The molecule has 1 aromatic heterocycles. The lowest BCUT2D eigenvalue weighted by Crippen LogP contribution is -2.25. The summed E-state index contributed by atoms with van der Waals surface area (Å²) >= 11 is 0. The van der Waals surface area contributed by atoms with Crippen LogP contribution < -0.4 is 5.56 Å². The van der Waals surface area contributed by atoms with E-state index in [4.69, 9.17) is 0 Å². The normalized spacial score (nSPS) is 16.2. The van der Waals surface area contributed by atoms with Gasteiger partial charge in [-0.2, -0.15) is 0 Å².